The standard InChI is InChI=1S/C15H16O2/c1-2-7-13(8-3-1)15(10-4-5-12-17-15)14-9-6-11-16-14/h1-9,14H,10-12H2/t14-,15+/m1/s1. The van der Waals surface area contributed by atoms with Crippen LogP contribution in [0.2, 0.25) is 0 Å². The molecular weight excluding hydrogens is 212 g/mol. The highest BCUT2D eigenvalue weighted by Gasteiger charge is 2.42. The minimum Gasteiger partial charge on any atom is -0.367 e. The normalized spacial score (nSPS) is 31.9. The Bertz CT molecular complexity index is 435. The van der Waals surface area contributed by atoms with Gasteiger partial charge in [-0.05, 0) is 5.56 Å². The zero-order valence-corrected chi connectivity index (χ0v) is 9.71. The predicted octanol–water partition coefficient (Wildman–Crippen LogP) is 2.81. The molecule has 2 heteroatoms. The van der Waals surface area contributed by atoms with Gasteiger partial charge in [0.2, 0.25) is 0 Å². The fourth-order valence-electron chi connectivity index (χ4n) is 2.55. The van der Waals surface area contributed by atoms with Crippen LogP contribution in [0.15, 0.2) is 54.6 Å². The van der Waals surface area contributed by atoms with Gasteiger partial charge in [0.05, 0.1) is 13.2 Å². The van der Waals surface area contributed by atoms with Crippen molar-refractivity contribution in [1.82, 2.24) is 0 Å². The second kappa shape index (κ2) is 4.47. The summed E-state index contributed by atoms with van der Waals surface area (Å²) in [5, 5.41) is 0. The minimum atomic E-state index is -0.344. The van der Waals surface area contributed by atoms with Crippen LogP contribution in [-0.2, 0) is 15.1 Å². The number of benzene rings is 1. The van der Waals surface area contributed by atoms with E-state index in [4.69, 9.17) is 9.47 Å². The lowest BCUT2D eigenvalue weighted by molar-refractivity contribution is -0.120. The van der Waals surface area contributed by atoms with Gasteiger partial charge < -0.3 is 9.47 Å². The average molecular weight is 228 g/mol. The maximum Gasteiger partial charge on any atom is 0.127 e. The molecule has 0 fully saturated rings. The van der Waals surface area contributed by atoms with E-state index < -0.39 is 0 Å². The highest BCUT2D eigenvalue weighted by molar-refractivity contribution is 5.29. The zero-order valence-electron chi connectivity index (χ0n) is 9.71. The van der Waals surface area contributed by atoms with Gasteiger partial charge in [-0.25, -0.2) is 0 Å². The third kappa shape index (κ3) is 1.84. The molecule has 1 aromatic carbocycles. The first kappa shape index (κ1) is 10.8. The summed E-state index contributed by atoms with van der Waals surface area (Å²) in [7, 11) is 0. The van der Waals surface area contributed by atoms with E-state index in [-0.39, 0.29) is 11.7 Å². The second-order valence-electron chi connectivity index (χ2n) is 4.42. The lowest BCUT2D eigenvalue weighted by Gasteiger charge is -2.39. The third-order valence-electron chi connectivity index (χ3n) is 3.43. The Morgan fingerprint density at radius 1 is 1.00 bits per heavy atom. The van der Waals surface area contributed by atoms with Gasteiger partial charge in [0.25, 0.3) is 0 Å². The first-order chi connectivity index (χ1) is 8.42. The van der Waals surface area contributed by atoms with E-state index in [1.165, 1.54) is 5.56 Å². The molecule has 0 amide bonds. The predicted molar refractivity (Wildman–Crippen MR) is 66.7 cm³/mol. The quantitative estimate of drug-likeness (QED) is 0.725. The van der Waals surface area contributed by atoms with Gasteiger partial charge in [0.1, 0.15) is 11.7 Å². The van der Waals surface area contributed by atoms with Crippen LogP contribution >= 0.6 is 0 Å². The molecule has 0 radical (unpaired) electrons. The zero-order chi connectivity index (χ0) is 11.6. The largest absolute Gasteiger partial charge is 0.367 e. The molecule has 0 spiro atoms. The highest BCUT2D eigenvalue weighted by atomic mass is 16.6. The Labute approximate surface area is 102 Å². The molecule has 2 heterocycles. The van der Waals surface area contributed by atoms with Crippen molar-refractivity contribution in [3.05, 3.63) is 60.2 Å². The van der Waals surface area contributed by atoms with E-state index in [1.54, 1.807) is 0 Å². The molecule has 0 unspecified atom stereocenters. The first-order valence-electron chi connectivity index (χ1n) is 6.04. The fourth-order valence-corrected chi connectivity index (χ4v) is 2.55. The molecule has 1 aromatic rings. The Balaban J connectivity index is 2.01. The minimum absolute atomic E-state index is 0.0230. The monoisotopic (exact) mass is 228 g/mol. The van der Waals surface area contributed by atoms with Crippen molar-refractivity contribution in [2.45, 2.75) is 18.1 Å². The molecule has 2 aliphatic heterocycles. The van der Waals surface area contributed by atoms with Crippen molar-refractivity contribution in [1.29, 1.82) is 0 Å². The van der Waals surface area contributed by atoms with Crippen molar-refractivity contribution >= 4 is 0 Å². The average Bonchev–Trinajstić information content (AvgIpc) is 2.95. The van der Waals surface area contributed by atoms with Gasteiger partial charge in [-0.1, -0.05) is 54.6 Å². The Morgan fingerprint density at radius 3 is 2.53 bits per heavy atom. The number of hydrogen-bond acceptors (Lipinski definition) is 2. The molecule has 3 rings (SSSR count). The SMILES string of the molecule is C1=C[C@H]([C@@]2(c3ccccc3)CC=CCO2)OC1. The van der Waals surface area contributed by atoms with Crippen molar-refractivity contribution in [2.75, 3.05) is 13.2 Å². The van der Waals surface area contributed by atoms with Crippen LogP contribution in [0.3, 0.4) is 0 Å². The third-order valence-corrected chi connectivity index (χ3v) is 3.43. The van der Waals surface area contributed by atoms with Crippen LogP contribution in [0.5, 0.6) is 0 Å². The lowest BCUT2D eigenvalue weighted by Crippen LogP contribution is -2.42. The van der Waals surface area contributed by atoms with Gasteiger partial charge >= 0.3 is 0 Å². The molecular formula is C15H16O2. The Hall–Kier alpha value is -1.38. The van der Waals surface area contributed by atoms with Gasteiger partial charge in [0, 0.05) is 6.42 Å². The van der Waals surface area contributed by atoms with Gasteiger partial charge in [-0.15, -0.1) is 0 Å². The molecule has 17 heavy (non-hydrogen) atoms. The molecule has 2 nitrogen and oxygen atoms in total. The summed E-state index contributed by atoms with van der Waals surface area (Å²) in [5.41, 5.74) is 0.851. The summed E-state index contributed by atoms with van der Waals surface area (Å²) in [5.74, 6) is 0. The smallest absolute Gasteiger partial charge is 0.127 e. The van der Waals surface area contributed by atoms with Crippen molar-refractivity contribution < 1.29 is 9.47 Å². The molecule has 88 valence electrons. The highest BCUT2D eigenvalue weighted by Crippen LogP contribution is 2.39. The van der Waals surface area contributed by atoms with Crippen LogP contribution in [0.4, 0.5) is 0 Å². The summed E-state index contributed by atoms with van der Waals surface area (Å²) in [6.45, 7) is 1.34. The van der Waals surface area contributed by atoms with E-state index in [2.05, 4.69) is 48.6 Å². The van der Waals surface area contributed by atoms with Crippen LogP contribution in [0, 0.1) is 0 Å². The molecule has 0 saturated heterocycles. The van der Waals surface area contributed by atoms with Crippen LogP contribution in [0.25, 0.3) is 0 Å². The molecule has 0 aromatic heterocycles. The second-order valence-corrected chi connectivity index (χ2v) is 4.42. The van der Waals surface area contributed by atoms with Gasteiger partial charge in [-0.2, -0.15) is 0 Å². The van der Waals surface area contributed by atoms with Gasteiger partial charge in [-0.3, -0.25) is 0 Å². The number of rotatable bonds is 2. The van der Waals surface area contributed by atoms with E-state index >= 15 is 0 Å². The topological polar surface area (TPSA) is 18.5 Å². The summed E-state index contributed by atoms with van der Waals surface area (Å²) in [6.07, 6.45) is 9.33. The van der Waals surface area contributed by atoms with Crippen molar-refractivity contribution in [3.8, 4) is 0 Å². The van der Waals surface area contributed by atoms with Crippen LogP contribution < -0.4 is 0 Å². The van der Waals surface area contributed by atoms with Gasteiger partial charge in [0.15, 0.2) is 0 Å². The Morgan fingerprint density at radius 2 is 1.88 bits per heavy atom. The van der Waals surface area contributed by atoms with Crippen molar-refractivity contribution in [2.24, 2.45) is 0 Å². The molecule has 2 atom stereocenters. The van der Waals surface area contributed by atoms with E-state index in [1.807, 2.05) is 6.07 Å². The maximum atomic E-state index is 6.07. The fraction of sp³-hybridized carbons (Fsp3) is 0.333. The number of ether oxygens (including phenoxy) is 2. The molecule has 0 aliphatic carbocycles. The summed E-state index contributed by atoms with van der Waals surface area (Å²) in [4.78, 5) is 0. The summed E-state index contributed by atoms with van der Waals surface area (Å²) < 4.78 is 11.9. The van der Waals surface area contributed by atoms with E-state index in [0.717, 1.165) is 6.42 Å². The van der Waals surface area contributed by atoms with E-state index in [9.17, 15) is 0 Å². The summed E-state index contributed by atoms with van der Waals surface area (Å²) in [6, 6.07) is 10.4. The Kier molecular flexibility index (Phi) is 2.83. The molecule has 0 N–H and O–H groups in total. The van der Waals surface area contributed by atoms with Crippen LogP contribution in [-0.4, -0.2) is 19.3 Å². The molecule has 2 aliphatic rings. The first-order valence-corrected chi connectivity index (χ1v) is 6.04. The van der Waals surface area contributed by atoms with Crippen molar-refractivity contribution in [3.63, 3.8) is 0 Å². The summed E-state index contributed by atoms with van der Waals surface area (Å²) >= 11 is 0. The van der Waals surface area contributed by atoms with E-state index in [0.29, 0.717) is 13.2 Å². The van der Waals surface area contributed by atoms with Crippen LogP contribution in [0.1, 0.15) is 12.0 Å². The molecule has 0 bridgehead atoms. The molecule has 0 saturated carbocycles. The maximum absolute atomic E-state index is 6.07. The number of hydrogen-bond donors (Lipinski definition) is 0. The lowest BCUT2D eigenvalue weighted by atomic mass is 9.83.